The molecule has 0 spiro atoms. The molecule has 0 heterocycles. The molecule has 0 bridgehead atoms. The zero-order chi connectivity index (χ0) is 4.50. The standard InChI is InChI=1S/H3O4P.4H2O.Zr/c1-5(2,3)4;;;;;/h(H3,1,2,3,4);4*1H2;/q;;;;;+4/p-4. The van der Waals surface area contributed by atoms with E-state index >= 15 is 0 Å². The first-order valence-electron chi connectivity index (χ1n) is 0.783. The van der Waals surface area contributed by atoms with Crippen molar-refractivity contribution in [1.29, 1.82) is 0 Å². The minimum absolute atomic E-state index is 0. The Morgan fingerprint density at radius 1 is 0.800 bits per heavy atom. The maximum absolute atomic E-state index is 8.88. The molecule has 0 atom stereocenters. The van der Waals surface area contributed by atoms with Gasteiger partial charge in [-0.2, -0.15) is 0 Å². The second-order valence-electron chi connectivity index (χ2n) is 0.513. The van der Waals surface area contributed by atoms with Crippen molar-refractivity contribution in [2.24, 2.45) is 0 Å². The molecule has 0 aromatic rings. The molecule has 0 aromatic heterocycles. The Labute approximate surface area is 75.5 Å². The molecule has 0 rings (SSSR count). The molecular weight excluding hydrogens is 250 g/mol. The van der Waals surface area contributed by atoms with Gasteiger partial charge in [0, 0.05) is 0 Å². The van der Waals surface area contributed by atoms with Crippen LogP contribution in [0.1, 0.15) is 0 Å². The molecule has 0 amide bonds. The predicted octanol–water partition coefficient (Wildman–Crippen LogP) is -1.64. The third kappa shape index (κ3) is 781. The molecule has 10 heteroatoms. The zero-order valence-electron chi connectivity index (χ0n) is 4.49. The Kier molecular flexibility index (Phi) is 73.7. The molecule has 8 nitrogen and oxygen atoms in total. The summed E-state index contributed by atoms with van der Waals surface area (Å²) in [6.45, 7) is 0. The van der Waals surface area contributed by atoms with E-state index in [2.05, 4.69) is 0 Å². The Morgan fingerprint density at radius 3 is 0.800 bits per heavy atom. The number of rotatable bonds is 0. The summed E-state index contributed by atoms with van der Waals surface area (Å²) >= 11 is 0. The van der Waals surface area contributed by atoms with Gasteiger partial charge in [-0.05, 0) is 0 Å². The summed E-state index contributed by atoms with van der Waals surface area (Å²) in [5.41, 5.74) is 0. The first kappa shape index (κ1) is 44.8. The van der Waals surface area contributed by atoms with Crippen molar-refractivity contribution in [3.8, 4) is 0 Å². The third-order valence-corrected chi connectivity index (χ3v) is 0. The summed E-state index contributed by atoms with van der Waals surface area (Å²) in [6.07, 6.45) is 0. The van der Waals surface area contributed by atoms with Crippen molar-refractivity contribution >= 4 is 7.82 Å². The maximum atomic E-state index is 8.88. The fourth-order valence-corrected chi connectivity index (χ4v) is 0. The number of hydrogen-bond acceptors (Lipinski definition) is 5. The van der Waals surface area contributed by atoms with Gasteiger partial charge in [-0.25, -0.2) is 4.57 Å². The normalized spacial score (nSPS) is 5.90. The Bertz CT molecular complexity index is 55.4. The largest absolute Gasteiger partial charge is 4.00 e. The monoisotopic (exact) mass is 256 g/mol. The predicted molar refractivity (Wildman–Crippen MR) is 22.0 cm³/mol. The van der Waals surface area contributed by atoms with Crippen LogP contribution < -0.4 is 0 Å². The van der Waals surface area contributed by atoms with Gasteiger partial charge >= 0.3 is 34.0 Å². The van der Waals surface area contributed by atoms with Crippen LogP contribution in [0.15, 0.2) is 0 Å². The van der Waals surface area contributed by atoms with Crippen molar-refractivity contribution < 1.29 is 67.4 Å². The summed E-state index contributed by atoms with van der Waals surface area (Å²) in [6, 6.07) is 0. The van der Waals surface area contributed by atoms with Crippen LogP contribution in [0.3, 0.4) is 0 Å². The summed E-state index contributed by atoms with van der Waals surface area (Å²) in [5.74, 6) is 0. The molecule has 0 aliphatic carbocycles. The average Bonchev–Trinajstić information content (AvgIpc) is 0.722. The molecular formula is H7O8PZr. The van der Waals surface area contributed by atoms with Gasteiger partial charge in [0.05, 0.1) is 0 Å². The van der Waals surface area contributed by atoms with Crippen molar-refractivity contribution in [3.05, 3.63) is 0 Å². The smallest absolute Gasteiger partial charge is 0.870 e. The maximum Gasteiger partial charge on any atom is 4.00 e. The van der Waals surface area contributed by atoms with E-state index in [0.29, 0.717) is 0 Å². The molecule has 64 valence electrons. The Morgan fingerprint density at radius 2 is 0.800 bits per heavy atom. The fourth-order valence-electron chi connectivity index (χ4n) is 0. The summed E-state index contributed by atoms with van der Waals surface area (Å²) in [5, 5.41) is 0. The molecule has 0 aliphatic rings. The van der Waals surface area contributed by atoms with Gasteiger partial charge in [-0.3, -0.25) is 0 Å². The third-order valence-electron chi connectivity index (χ3n) is 0. The zero-order valence-corrected chi connectivity index (χ0v) is 7.84. The van der Waals surface area contributed by atoms with Gasteiger partial charge in [0.25, 0.3) is 0 Å². The molecule has 0 saturated heterocycles. The van der Waals surface area contributed by atoms with Gasteiger partial charge in [-0.15, -0.1) is 0 Å². The molecule has 0 saturated carbocycles. The summed E-state index contributed by atoms with van der Waals surface area (Å²) in [7, 11) is -4.64. The van der Waals surface area contributed by atoms with Crippen LogP contribution in [0.2, 0.25) is 0 Å². The van der Waals surface area contributed by atoms with Gasteiger partial charge in [0.1, 0.15) is 0 Å². The fraction of sp³-hybridized carbons (Fsp3) is 0. The van der Waals surface area contributed by atoms with Crippen LogP contribution >= 0.6 is 7.82 Å². The van der Waals surface area contributed by atoms with E-state index in [-0.39, 0.29) is 48.1 Å². The quantitative estimate of drug-likeness (QED) is 0.429. The molecule has 0 aromatic carbocycles. The first-order valence-corrected chi connectivity index (χ1v) is 2.35. The molecule has 7 N–H and O–H groups in total. The van der Waals surface area contributed by atoms with Gasteiger partial charge in [0.2, 0.25) is 0 Å². The topological polar surface area (TPSA) is 198 Å². The van der Waals surface area contributed by atoms with Crippen molar-refractivity contribution in [1.82, 2.24) is 0 Å². The minimum Gasteiger partial charge on any atom is -0.870 e. The molecule has 0 unspecified atom stereocenters. The second kappa shape index (κ2) is 16.4. The Balaban J connectivity index is -0.00000000800. The van der Waals surface area contributed by atoms with E-state index in [1.54, 1.807) is 0 Å². The molecule has 0 radical (unpaired) electrons. The number of phosphoric acid groups is 1. The molecule has 10 heavy (non-hydrogen) atoms. The van der Waals surface area contributed by atoms with Crippen molar-refractivity contribution in [2.75, 3.05) is 0 Å². The van der Waals surface area contributed by atoms with E-state index in [9.17, 15) is 0 Å². The van der Waals surface area contributed by atoms with Crippen LogP contribution in [0.4, 0.5) is 0 Å². The number of hydrogen-bond donors (Lipinski definition) is 3. The van der Waals surface area contributed by atoms with Crippen molar-refractivity contribution in [3.63, 3.8) is 0 Å². The molecule has 0 aliphatic heterocycles. The van der Waals surface area contributed by atoms with Crippen molar-refractivity contribution in [2.45, 2.75) is 0 Å². The van der Waals surface area contributed by atoms with Gasteiger partial charge in [-0.1, -0.05) is 0 Å². The van der Waals surface area contributed by atoms with Gasteiger partial charge < -0.3 is 36.6 Å². The van der Waals surface area contributed by atoms with Gasteiger partial charge in [0.15, 0.2) is 0 Å². The van der Waals surface area contributed by atoms with E-state index in [1.807, 2.05) is 0 Å². The minimum atomic E-state index is -4.64. The molecule has 0 fully saturated rings. The van der Waals surface area contributed by atoms with Crippen LogP contribution in [-0.2, 0) is 30.8 Å². The van der Waals surface area contributed by atoms with E-state index in [4.69, 9.17) is 19.2 Å². The van der Waals surface area contributed by atoms with Crippen LogP contribution in [-0.4, -0.2) is 36.6 Å². The summed E-state index contributed by atoms with van der Waals surface area (Å²) in [4.78, 5) is 21.6. The van der Waals surface area contributed by atoms with Crippen LogP contribution in [0, 0.1) is 0 Å². The first-order chi connectivity index (χ1) is 2.00. The average molecular weight is 257 g/mol. The van der Waals surface area contributed by atoms with E-state index in [0.717, 1.165) is 0 Å². The van der Waals surface area contributed by atoms with E-state index in [1.165, 1.54) is 0 Å². The Hall–Kier alpha value is 0.833. The second-order valence-corrected chi connectivity index (χ2v) is 1.54. The van der Waals surface area contributed by atoms with E-state index < -0.39 is 7.82 Å². The van der Waals surface area contributed by atoms with Crippen LogP contribution in [0.5, 0.6) is 0 Å². The van der Waals surface area contributed by atoms with Crippen LogP contribution in [0.25, 0.3) is 0 Å². The summed E-state index contributed by atoms with van der Waals surface area (Å²) < 4.78 is 8.88. The SMILES string of the molecule is O=P(O)(O)O.[OH-].[OH-].[OH-].[OH-].[Zr+4].